The molecule has 0 spiro atoms. The molecule has 0 saturated heterocycles. The van der Waals surface area contributed by atoms with Gasteiger partial charge in [-0.05, 0) is 82.9 Å². The second-order valence-corrected chi connectivity index (χ2v) is 7.40. The van der Waals surface area contributed by atoms with Crippen molar-refractivity contribution in [3.05, 3.63) is 58.7 Å². The van der Waals surface area contributed by atoms with Crippen LogP contribution in [0.1, 0.15) is 35.1 Å². The maximum Gasteiger partial charge on any atom is 2.00 e. The van der Waals surface area contributed by atoms with Gasteiger partial charge in [-0.15, -0.1) is 0 Å². The fourth-order valence-corrected chi connectivity index (χ4v) is 3.42. The Bertz CT molecular complexity index is 611. The van der Waals surface area contributed by atoms with E-state index in [2.05, 4.69) is 86.7 Å². The van der Waals surface area contributed by atoms with Gasteiger partial charge < -0.3 is 40.3 Å². The van der Waals surface area contributed by atoms with Gasteiger partial charge in [-0.1, -0.05) is 36.4 Å². The molecule has 29 heavy (non-hydrogen) atoms. The van der Waals surface area contributed by atoms with Crippen LogP contribution in [0.5, 0.6) is 0 Å². The molecule has 2 aromatic carbocycles. The van der Waals surface area contributed by atoms with Gasteiger partial charge in [-0.2, -0.15) is 0 Å². The summed E-state index contributed by atoms with van der Waals surface area (Å²) in [5.74, 6) is 0. The van der Waals surface area contributed by atoms with Crippen LogP contribution in [0.25, 0.3) is 0 Å². The number of anilines is 2. The van der Waals surface area contributed by atoms with Crippen LogP contribution in [0.2, 0.25) is 0 Å². The number of halogens is 2. The quantitative estimate of drug-likeness (QED) is 0.432. The number of nitrogens with one attached hydrogen (secondary N) is 2. The minimum Gasteiger partial charge on any atom is -1.00 e. The number of rotatable bonds is 10. The van der Waals surface area contributed by atoms with Gasteiger partial charge in [0.1, 0.15) is 0 Å². The molecule has 6 heteroatoms. The zero-order valence-corrected chi connectivity index (χ0v) is 20.8. The summed E-state index contributed by atoms with van der Waals surface area (Å²) in [4.78, 5) is 2.43. The van der Waals surface area contributed by atoms with Crippen molar-refractivity contribution >= 4 is 11.4 Å². The molecular weight excluding hydrogens is 448 g/mol. The number of hydrogen-bond acceptors (Lipinski definition) is 3. The molecule has 0 saturated carbocycles. The van der Waals surface area contributed by atoms with Crippen molar-refractivity contribution in [1.29, 1.82) is 0 Å². The minimum atomic E-state index is 0. The van der Waals surface area contributed by atoms with Crippen molar-refractivity contribution in [3.63, 3.8) is 0 Å². The first-order valence-corrected chi connectivity index (χ1v) is 9.77. The van der Waals surface area contributed by atoms with Gasteiger partial charge in [0, 0.05) is 24.5 Å². The van der Waals surface area contributed by atoms with Crippen molar-refractivity contribution in [2.24, 2.45) is 0 Å². The Morgan fingerprint density at radius 1 is 0.655 bits per heavy atom. The molecule has 3 nitrogen and oxygen atoms in total. The smallest absolute Gasteiger partial charge is 1.00 e. The van der Waals surface area contributed by atoms with E-state index in [9.17, 15) is 0 Å². The van der Waals surface area contributed by atoms with Crippen LogP contribution in [-0.4, -0.2) is 38.1 Å². The van der Waals surface area contributed by atoms with Gasteiger partial charge in [-0.25, -0.2) is 0 Å². The summed E-state index contributed by atoms with van der Waals surface area (Å²) in [5, 5.41) is 7.20. The molecule has 0 atom stereocenters. The molecule has 0 aliphatic heterocycles. The zero-order valence-electron chi connectivity index (χ0n) is 18.2. The SMILES string of the molecule is Cc1cccc(C)c1NCCCN(C)CCCNc1c(C)cccc1C.[Cl-].[Cl-].[Co+2]. The second-order valence-electron chi connectivity index (χ2n) is 7.40. The molecule has 0 aliphatic rings. The summed E-state index contributed by atoms with van der Waals surface area (Å²) in [6.45, 7) is 13.0. The Hall–Kier alpha value is -0.914. The maximum atomic E-state index is 3.60. The second kappa shape index (κ2) is 15.9. The third-order valence-electron chi connectivity index (χ3n) is 5.00. The Morgan fingerprint density at radius 2 is 0.966 bits per heavy atom. The average molecular weight is 483 g/mol. The molecule has 0 aromatic heterocycles. The topological polar surface area (TPSA) is 27.3 Å². The fourth-order valence-electron chi connectivity index (χ4n) is 3.42. The summed E-state index contributed by atoms with van der Waals surface area (Å²) < 4.78 is 0. The van der Waals surface area contributed by atoms with Crippen LogP contribution in [0.4, 0.5) is 11.4 Å². The summed E-state index contributed by atoms with van der Waals surface area (Å²) in [7, 11) is 2.22. The molecular formula is C23H35Cl2CoN3. The number of benzene rings is 2. The Kier molecular flexibility index (Phi) is 16.6. The first kappa shape index (κ1) is 30.3. The molecule has 0 heterocycles. The van der Waals surface area contributed by atoms with E-state index in [1.54, 1.807) is 0 Å². The molecule has 0 bridgehead atoms. The largest absolute Gasteiger partial charge is 2.00 e. The van der Waals surface area contributed by atoms with Gasteiger partial charge in [0.15, 0.2) is 0 Å². The number of aryl methyl sites for hydroxylation is 4. The zero-order chi connectivity index (χ0) is 18.9. The van der Waals surface area contributed by atoms with E-state index < -0.39 is 0 Å². The van der Waals surface area contributed by atoms with Gasteiger partial charge >= 0.3 is 16.8 Å². The maximum absolute atomic E-state index is 3.60. The monoisotopic (exact) mass is 482 g/mol. The molecule has 2 N–H and O–H groups in total. The van der Waals surface area contributed by atoms with Crippen LogP contribution in [0, 0.1) is 27.7 Å². The van der Waals surface area contributed by atoms with Crippen LogP contribution in [0.15, 0.2) is 36.4 Å². The third-order valence-corrected chi connectivity index (χ3v) is 5.00. The number of nitrogens with zero attached hydrogens (tertiary/aromatic N) is 1. The van der Waals surface area contributed by atoms with E-state index >= 15 is 0 Å². The van der Waals surface area contributed by atoms with Gasteiger partial charge in [0.2, 0.25) is 0 Å². The van der Waals surface area contributed by atoms with E-state index in [1.165, 1.54) is 33.6 Å². The molecule has 2 rings (SSSR count). The normalized spacial score (nSPS) is 9.86. The van der Waals surface area contributed by atoms with E-state index in [-0.39, 0.29) is 41.6 Å². The standard InChI is InChI=1S/C23H35N3.2ClH.Co/c1-18-10-6-11-19(2)22(18)24-14-8-16-26(5)17-9-15-25-23-20(3)12-7-13-21(23)4;;;/h6-7,10-13,24-25H,8-9,14-17H2,1-5H3;2*1H;/q;;;+2/p-2. The predicted molar refractivity (Wildman–Crippen MR) is 116 cm³/mol. The van der Waals surface area contributed by atoms with Gasteiger partial charge in [-0.3, -0.25) is 0 Å². The van der Waals surface area contributed by atoms with Crippen molar-refractivity contribution in [2.45, 2.75) is 40.5 Å². The van der Waals surface area contributed by atoms with Crippen LogP contribution < -0.4 is 35.4 Å². The van der Waals surface area contributed by atoms with Crippen LogP contribution in [-0.2, 0) is 16.8 Å². The van der Waals surface area contributed by atoms with E-state index in [0.717, 1.165) is 39.0 Å². The van der Waals surface area contributed by atoms with Gasteiger partial charge in [0.05, 0.1) is 0 Å². The minimum absolute atomic E-state index is 0. The molecule has 165 valence electrons. The number of para-hydroxylation sites is 2. The van der Waals surface area contributed by atoms with E-state index in [0.29, 0.717) is 0 Å². The van der Waals surface area contributed by atoms with Crippen molar-refractivity contribution in [2.75, 3.05) is 43.9 Å². The van der Waals surface area contributed by atoms with Crippen molar-refractivity contribution in [3.8, 4) is 0 Å². The Balaban J connectivity index is 0. The van der Waals surface area contributed by atoms with Crippen LogP contribution in [0.3, 0.4) is 0 Å². The van der Waals surface area contributed by atoms with Crippen molar-refractivity contribution in [1.82, 2.24) is 4.90 Å². The van der Waals surface area contributed by atoms with E-state index in [4.69, 9.17) is 0 Å². The molecule has 0 amide bonds. The summed E-state index contributed by atoms with van der Waals surface area (Å²) in [6, 6.07) is 12.9. The van der Waals surface area contributed by atoms with Gasteiger partial charge in [0.25, 0.3) is 0 Å². The fraction of sp³-hybridized carbons (Fsp3) is 0.478. The van der Waals surface area contributed by atoms with Crippen molar-refractivity contribution < 1.29 is 41.6 Å². The summed E-state index contributed by atoms with van der Waals surface area (Å²) in [6.07, 6.45) is 2.32. The number of hydrogen-bond donors (Lipinski definition) is 2. The molecule has 1 radical (unpaired) electrons. The average Bonchev–Trinajstić information content (AvgIpc) is 2.59. The first-order valence-electron chi connectivity index (χ1n) is 9.77. The molecule has 2 aromatic rings. The predicted octanol–water partition coefficient (Wildman–Crippen LogP) is -0.838. The Morgan fingerprint density at radius 3 is 1.28 bits per heavy atom. The third kappa shape index (κ3) is 10.1. The first-order chi connectivity index (χ1) is 12.5. The molecule has 0 aliphatic carbocycles. The summed E-state index contributed by atoms with van der Waals surface area (Å²) >= 11 is 0. The molecule has 0 fully saturated rings. The summed E-state index contributed by atoms with van der Waals surface area (Å²) in [5.41, 5.74) is 7.92. The molecule has 0 unspecified atom stereocenters. The van der Waals surface area contributed by atoms with Crippen LogP contribution >= 0.6 is 0 Å². The van der Waals surface area contributed by atoms with E-state index in [1.807, 2.05) is 0 Å². The Labute approximate surface area is 200 Å².